The van der Waals surface area contributed by atoms with Gasteiger partial charge in [0.15, 0.2) is 4.34 Å². The molecule has 2 aromatic heterocycles. The molecule has 1 N–H and O–H groups in total. The first-order valence-corrected chi connectivity index (χ1v) is 6.01. The molecule has 0 saturated carbocycles. The second-order valence-electron chi connectivity index (χ2n) is 2.69. The van der Waals surface area contributed by atoms with E-state index in [0.29, 0.717) is 10.6 Å². The van der Waals surface area contributed by atoms with Crippen LogP contribution in [0.3, 0.4) is 0 Å². The van der Waals surface area contributed by atoms with Crippen molar-refractivity contribution in [3.8, 4) is 6.07 Å². The van der Waals surface area contributed by atoms with Crippen LogP contribution in [-0.2, 0) is 0 Å². The zero-order valence-electron chi connectivity index (χ0n) is 8.34. The summed E-state index contributed by atoms with van der Waals surface area (Å²) in [4.78, 5) is 4.14. The molecule has 0 aromatic carbocycles. The van der Waals surface area contributed by atoms with Gasteiger partial charge >= 0.3 is 0 Å². The Kier molecular flexibility index (Phi) is 3.34. The lowest BCUT2D eigenvalue weighted by Gasteiger charge is -1.97. The Bertz CT molecular complexity index is 531. The van der Waals surface area contributed by atoms with Crippen molar-refractivity contribution in [1.29, 1.82) is 5.26 Å². The quantitative estimate of drug-likeness (QED) is 0.896. The third kappa shape index (κ3) is 2.29. The zero-order chi connectivity index (χ0) is 11.4. The topological polar surface area (TPSA) is 74.5 Å². The Hall–Kier alpha value is -1.65. The van der Waals surface area contributed by atoms with Gasteiger partial charge in [-0.05, 0) is 23.9 Å². The number of nitrogens with one attached hydrogen (secondary N) is 1. The van der Waals surface area contributed by atoms with E-state index in [0.717, 1.165) is 9.47 Å². The van der Waals surface area contributed by atoms with E-state index in [9.17, 15) is 0 Å². The van der Waals surface area contributed by atoms with Gasteiger partial charge in [0.2, 0.25) is 5.13 Å². The van der Waals surface area contributed by atoms with Crippen molar-refractivity contribution in [3.05, 3.63) is 23.9 Å². The van der Waals surface area contributed by atoms with E-state index >= 15 is 0 Å². The summed E-state index contributed by atoms with van der Waals surface area (Å²) in [6.07, 6.45) is 1.66. The van der Waals surface area contributed by atoms with Crippen LogP contribution in [0.5, 0.6) is 0 Å². The lowest BCUT2D eigenvalue weighted by Crippen LogP contribution is -1.85. The van der Waals surface area contributed by atoms with Crippen LogP contribution in [0.4, 0.5) is 5.13 Å². The smallest absolute Gasteiger partial charge is 0.206 e. The molecule has 0 atom stereocenters. The van der Waals surface area contributed by atoms with Crippen molar-refractivity contribution in [1.82, 2.24) is 15.2 Å². The molecule has 0 radical (unpaired) electrons. The molecule has 80 valence electrons. The molecule has 0 unspecified atom stereocenters. The molecule has 2 aromatic rings. The molecule has 0 bridgehead atoms. The van der Waals surface area contributed by atoms with Gasteiger partial charge in [0, 0.05) is 13.2 Å². The number of rotatable bonds is 3. The second kappa shape index (κ2) is 4.92. The molecule has 0 amide bonds. The van der Waals surface area contributed by atoms with Crippen LogP contribution >= 0.6 is 23.1 Å². The Morgan fingerprint density at radius 3 is 3.06 bits per heavy atom. The Morgan fingerprint density at radius 1 is 1.50 bits per heavy atom. The maximum atomic E-state index is 8.90. The van der Waals surface area contributed by atoms with Crippen LogP contribution in [0.1, 0.15) is 5.56 Å². The molecular weight excluding hydrogens is 242 g/mol. The first-order chi connectivity index (χ1) is 7.83. The fourth-order valence-electron chi connectivity index (χ4n) is 0.992. The van der Waals surface area contributed by atoms with Gasteiger partial charge in [-0.25, -0.2) is 4.98 Å². The Labute approximate surface area is 101 Å². The number of nitrogens with zero attached hydrogens (tertiary/aromatic N) is 4. The monoisotopic (exact) mass is 249 g/mol. The van der Waals surface area contributed by atoms with Crippen molar-refractivity contribution < 1.29 is 0 Å². The van der Waals surface area contributed by atoms with Crippen molar-refractivity contribution >= 4 is 28.2 Å². The third-order valence-corrected chi connectivity index (χ3v) is 3.71. The predicted molar refractivity (Wildman–Crippen MR) is 62.5 cm³/mol. The summed E-state index contributed by atoms with van der Waals surface area (Å²) in [7, 11) is 1.79. The summed E-state index contributed by atoms with van der Waals surface area (Å²) in [6.45, 7) is 0. The number of pyridine rings is 1. The molecule has 2 heterocycles. The number of aromatic nitrogens is 3. The van der Waals surface area contributed by atoms with Crippen LogP contribution in [-0.4, -0.2) is 22.2 Å². The van der Waals surface area contributed by atoms with Gasteiger partial charge < -0.3 is 5.32 Å². The van der Waals surface area contributed by atoms with Crippen LogP contribution in [0.25, 0.3) is 0 Å². The van der Waals surface area contributed by atoms with Crippen molar-refractivity contribution in [2.24, 2.45) is 0 Å². The third-order valence-electron chi connectivity index (χ3n) is 1.70. The van der Waals surface area contributed by atoms with E-state index in [1.165, 1.54) is 23.1 Å². The van der Waals surface area contributed by atoms with Crippen LogP contribution in [0.15, 0.2) is 27.7 Å². The number of hydrogen-bond donors (Lipinski definition) is 1. The first kappa shape index (κ1) is 10.9. The van der Waals surface area contributed by atoms with Crippen LogP contribution < -0.4 is 5.32 Å². The van der Waals surface area contributed by atoms with E-state index in [1.807, 2.05) is 0 Å². The van der Waals surface area contributed by atoms with Gasteiger partial charge in [0.25, 0.3) is 0 Å². The largest absolute Gasteiger partial charge is 0.363 e. The SMILES string of the molecule is CNc1nnc(Sc2ncccc2C#N)s1. The predicted octanol–water partition coefficient (Wildman–Crippen LogP) is 2.00. The molecule has 2 rings (SSSR count). The fraction of sp³-hybridized carbons (Fsp3) is 0.111. The fourth-order valence-corrected chi connectivity index (χ4v) is 2.65. The Balaban J connectivity index is 2.24. The average Bonchev–Trinajstić information content (AvgIpc) is 2.77. The molecule has 0 aliphatic rings. The van der Waals surface area contributed by atoms with Crippen molar-refractivity contribution in [3.63, 3.8) is 0 Å². The molecule has 0 fully saturated rings. The number of anilines is 1. The molecule has 5 nitrogen and oxygen atoms in total. The summed E-state index contributed by atoms with van der Waals surface area (Å²) in [5, 5.41) is 21.1. The zero-order valence-corrected chi connectivity index (χ0v) is 9.97. The summed E-state index contributed by atoms with van der Waals surface area (Å²) >= 11 is 2.77. The minimum atomic E-state index is 0.550. The molecular formula is C9H7N5S2. The van der Waals surface area contributed by atoms with E-state index in [4.69, 9.17) is 5.26 Å². The van der Waals surface area contributed by atoms with E-state index < -0.39 is 0 Å². The maximum Gasteiger partial charge on any atom is 0.206 e. The molecule has 7 heteroatoms. The normalized spacial score (nSPS) is 9.75. The lowest BCUT2D eigenvalue weighted by molar-refractivity contribution is 1.00. The highest BCUT2D eigenvalue weighted by Gasteiger charge is 2.09. The van der Waals surface area contributed by atoms with Gasteiger partial charge in [-0.1, -0.05) is 11.3 Å². The minimum absolute atomic E-state index is 0.550. The Morgan fingerprint density at radius 2 is 2.38 bits per heavy atom. The number of hydrogen-bond acceptors (Lipinski definition) is 7. The van der Waals surface area contributed by atoms with E-state index in [-0.39, 0.29) is 0 Å². The van der Waals surface area contributed by atoms with Gasteiger partial charge in [-0.2, -0.15) is 5.26 Å². The summed E-state index contributed by atoms with van der Waals surface area (Å²) in [6, 6.07) is 5.56. The van der Waals surface area contributed by atoms with Gasteiger partial charge in [0.05, 0.1) is 5.56 Å². The average molecular weight is 249 g/mol. The standard InChI is InChI=1S/C9H7N5S2/c1-11-8-13-14-9(16-8)15-7-6(5-10)3-2-4-12-7/h2-4H,1H3,(H,11,13). The summed E-state index contributed by atoms with van der Waals surface area (Å²) < 4.78 is 0.763. The summed E-state index contributed by atoms with van der Waals surface area (Å²) in [5.41, 5.74) is 0.550. The molecule has 0 saturated heterocycles. The highest BCUT2D eigenvalue weighted by Crippen LogP contribution is 2.31. The van der Waals surface area contributed by atoms with Gasteiger partial charge in [-0.15, -0.1) is 10.2 Å². The van der Waals surface area contributed by atoms with Crippen molar-refractivity contribution in [2.75, 3.05) is 12.4 Å². The van der Waals surface area contributed by atoms with E-state index in [1.54, 1.807) is 25.4 Å². The second-order valence-corrected chi connectivity index (χ2v) is 4.91. The lowest BCUT2D eigenvalue weighted by atomic mass is 10.3. The van der Waals surface area contributed by atoms with Crippen LogP contribution in [0, 0.1) is 11.3 Å². The van der Waals surface area contributed by atoms with Gasteiger partial charge in [-0.3, -0.25) is 0 Å². The molecule has 16 heavy (non-hydrogen) atoms. The number of nitriles is 1. The molecule has 0 spiro atoms. The molecule has 0 aliphatic heterocycles. The van der Waals surface area contributed by atoms with E-state index in [2.05, 4.69) is 26.6 Å². The maximum absolute atomic E-state index is 8.90. The van der Waals surface area contributed by atoms with Crippen molar-refractivity contribution in [2.45, 2.75) is 9.37 Å². The summed E-state index contributed by atoms with van der Waals surface area (Å²) in [5.74, 6) is 0. The molecule has 0 aliphatic carbocycles. The minimum Gasteiger partial charge on any atom is -0.363 e. The highest BCUT2D eigenvalue weighted by atomic mass is 32.2. The van der Waals surface area contributed by atoms with Gasteiger partial charge in [0.1, 0.15) is 11.1 Å². The first-order valence-electron chi connectivity index (χ1n) is 4.37. The van der Waals surface area contributed by atoms with Crippen LogP contribution in [0.2, 0.25) is 0 Å². The highest BCUT2D eigenvalue weighted by molar-refractivity contribution is 8.01.